The maximum atomic E-state index is 12.4. The predicted octanol–water partition coefficient (Wildman–Crippen LogP) is 0.832. The van der Waals surface area contributed by atoms with Crippen molar-refractivity contribution in [2.75, 3.05) is 51.6 Å². The van der Waals surface area contributed by atoms with Gasteiger partial charge >= 0.3 is 6.18 Å². The molecule has 0 saturated carbocycles. The molecule has 2 aliphatic heterocycles. The van der Waals surface area contributed by atoms with Gasteiger partial charge in [-0.2, -0.15) is 13.2 Å². The third-order valence-electron chi connectivity index (χ3n) is 4.18. The lowest BCUT2D eigenvalue weighted by molar-refractivity contribution is -0.143. The Kier molecular flexibility index (Phi) is 9.36. The van der Waals surface area contributed by atoms with E-state index in [0.717, 1.165) is 0 Å². The predicted molar refractivity (Wildman–Crippen MR) is 105 cm³/mol. The van der Waals surface area contributed by atoms with Crippen LogP contribution in [-0.2, 0) is 10.0 Å². The second kappa shape index (κ2) is 10.3. The van der Waals surface area contributed by atoms with Crippen LogP contribution >= 0.6 is 24.0 Å². The van der Waals surface area contributed by atoms with Gasteiger partial charge in [-0.1, -0.05) is 0 Å². The van der Waals surface area contributed by atoms with Crippen LogP contribution in [0.3, 0.4) is 0 Å². The lowest BCUT2D eigenvalue weighted by Crippen LogP contribution is -2.45. The molecule has 2 heterocycles. The molecule has 0 bridgehead atoms. The zero-order valence-electron chi connectivity index (χ0n) is 14.8. The van der Waals surface area contributed by atoms with Crippen molar-refractivity contribution in [2.24, 2.45) is 4.99 Å². The summed E-state index contributed by atoms with van der Waals surface area (Å²) in [6.07, 6.45) is -2.93. The molecule has 2 aliphatic rings. The molecule has 2 rings (SSSR count). The van der Waals surface area contributed by atoms with E-state index in [2.05, 4.69) is 15.6 Å². The van der Waals surface area contributed by atoms with Gasteiger partial charge in [-0.15, -0.1) is 24.0 Å². The molecule has 0 spiro atoms. The fourth-order valence-corrected chi connectivity index (χ4v) is 4.60. The molecule has 0 aromatic rings. The summed E-state index contributed by atoms with van der Waals surface area (Å²) in [7, 11) is -3.13. The van der Waals surface area contributed by atoms with E-state index in [1.165, 1.54) is 9.21 Å². The molecular weight excluding hydrogens is 486 g/mol. The van der Waals surface area contributed by atoms with Crippen molar-refractivity contribution in [3.63, 3.8) is 0 Å². The first-order valence-corrected chi connectivity index (χ1v) is 10.1. The van der Waals surface area contributed by atoms with E-state index in [1.54, 1.807) is 0 Å². The molecule has 0 aromatic heterocycles. The van der Waals surface area contributed by atoms with Crippen molar-refractivity contribution in [3.05, 3.63) is 0 Å². The molecule has 2 N–H and O–H groups in total. The summed E-state index contributed by atoms with van der Waals surface area (Å²) in [6.45, 7) is 3.48. The van der Waals surface area contributed by atoms with Gasteiger partial charge in [-0.25, -0.2) is 12.7 Å². The number of nitrogens with zero attached hydrogens (tertiary/aromatic N) is 3. The number of rotatable bonds is 6. The fourth-order valence-electron chi connectivity index (χ4n) is 3.08. The maximum Gasteiger partial charge on any atom is 0.401 e. The third-order valence-corrected chi connectivity index (χ3v) is 6.14. The van der Waals surface area contributed by atoms with Crippen molar-refractivity contribution in [2.45, 2.75) is 32.0 Å². The Morgan fingerprint density at radius 2 is 2.04 bits per heavy atom. The standard InChI is InChI=1S/C14H26F3N5O2S.HI/c1-2-18-13(19-5-8-22-6-3-9-25(22,23)24)20-12-4-7-21(10-12)11-14(15,16)17;/h12H,2-11H2,1H3,(H2,18,19,20);1H. The number of halogens is 4. The number of guanidine groups is 1. The Morgan fingerprint density at radius 3 is 2.62 bits per heavy atom. The molecule has 2 fully saturated rings. The summed E-state index contributed by atoms with van der Waals surface area (Å²) >= 11 is 0. The molecule has 12 heteroatoms. The summed E-state index contributed by atoms with van der Waals surface area (Å²) in [4.78, 5) is 5.73. The number of sulfonamides is 1. The molecule has 0 amide bonds. The second-order valence-corrected chi connectivity index (χ2v) is 8.40. The van der Waals surface area contributed by atoms with Gasteiger partial charge in [-0.3, -0.25) is 9.89 Å². The Morgan fingerprint density at radius 1 is 1.31 bits per heavy atom. The molecule has 26 heavy (non-hydrogen) atoms. The summed E-state index contributed by atoms with van der Waals surface area (Å²) in [5.41, 5.74) is 0. The number of hydrogen-bond acceptors (Lipinski definition) is 4. The molecule has 1 atom stereocenters. The van der Waals surface area contributed by atoms with Crippen molar-refractivity contribution in [1.82, 2.24) is 19.8 Å². The number of hydrogen-bond donors (Lipinski definition) is 2. The summed E-state index contributed by atoms with van der Waals surface area (Å²) < 4.78 is 62.2. The molecule has 7 nitrogen and oxygen atoms in total. The first-order valence-electron chi connectivity index (χ1n) is 8.51. The van der Waals surface area contributed by atoms with E-state index in [-0.39, 0.29) is 35.8 Å². The zero-order valence-corrected chi connectivity index (χ0v) is 17.9. The van der Waals surface area contributed by atoms with E-state index in [4.69, 9.17) is 0 Å². The van der Waals surface area contributed by atoms with Gasteiger partial charge in [0.25, 0.3) is 0 Å². The minimum Gasteiger partial charge on any atom is -0.357 e. The molecule has 0 radical (unpaired) electrons. The van der Waals surface area contributed by atoms with E-state index in [0.29, 0.717) is 58.1 Å². The maximum absolute atomic E-state index is 12.4. The topological polar surface area (TPSA) is 77.0 Å². The van der Waals surface area contributed by atoms with Gasteiger partial charge in [0, 0.05) is 38.8 Å². The third kappa shape index (κ3) is 7.72. The monoisotopic (exact) mass is 513 g/mol. The normalized spacial score (nSPS) is 24.5. The minimum absolute atomic E-state index is 0. The molecule has 1 unspecified atom stereocenters. The highest BCUT2D eigenvalue weighted by Crippen LogP contribution is 2.20. The highest BCUT2D eigenvalue weighted by Gasteiger charge is 2.34. The van der Waals surface area contributed by atoms with Gasteiger partial charge in [0.05, 0.1) is 18.8 Å². The van der Waals surface area contributed by atoms with Gasteiger partial charge < -0.3 is 10.6 Å². The lowest BCUT2D eigenvalue weighted by Gasteiger charge is -2.20. The first-order chi connectivity index (χ1) is 11.7. The quantitative estimate of drug-likeness (QED) is 0.313. The number of likely N-dealkylation sites (tertiary alicyclic amines) is 1. The SMILES string of the molecule is CCNC(=NCCN1CCCS1(=O)=O)NC1CCN(CC(F)(F)F)C1.I. The molecule has 0 aromatic carbocycles. The van der Waals surface area contributed by atoms with E-state index >= 15 is 0 Å². The van der Waals surface area contributed by atoms with Crippen LogP contribution in [0, 0.1) is 0 Å². The van der Waals surface area contributed by atoms with E-state index < -0.39 is 22.7 Å². The Hall–Kier alpha value is -0.340. The molecule has 2 saturated heterocycles. The fraction of sp³-hybridized carbons (Fsp3) is 0.929. The van der Waals surface area contributed by atoms with Crippen LogP contribution in [0.4, 0.5) is 13.2 Å². The van der Waals surface area contributed by atoms with Gasteiger partial charge in [-0.05, 0) is 19.8 Å². The van der Waals surface area contributed by atoms with E-state index in [1.807, 2.05) is 6.92 Å². The number of nitrogens with one attached hydrogen (secondary N) is 2. The van der Waals surface area contributed by atoms with E-state index in [9.17, 15) is 21.6 Å². The molecule has 154 valence electrons. The highest BCUT2D eigenvalue weighted by molar-refractivity contribution is 14.0. The summed E-state index contributed by atoms with van der Waals surface area (Å²) in [5, 5.41) is 6.19. The highest BCUT2D eigenvalue weighted by atomic mass is 127. The van der Waals surface area contributed by atoms with Crippen LogP contribution in [0.1, 0.15) is 19.8 Å². The Labute approximate surface area is 169 Å². The van der Waals surface area contributed by atoms with Crippen molar-refractivity contribution in [1.29, 1.82) is 0 Å². The van der Waals surface area contributed by atoms with Gasteiger partial charge in [0.15, 0.2) is 5.96 Å². The molecular formula is C14H27F3IN5O2S. The number of aliphatic imine (C=N–C) groups is 1. The van der Waals surface area contributed by atoms with Gasteiger partial charge in [0.2, 0.25) is 10.0 Å². The van der Waals surface area contributed by atoms with Crippen LogP contribution in [-0.4, -0.2) is 87.4 Å². The minimum atomic E-state index is -4.19. The largest absolute Gasteiger partial charge is 0.401 e. The average molecular weight is 513 g/mol. The van der Waals surface area contributed by atoms with Crippen LogP contribution in [0.15, 0.2) is 4.99 Å². The van der Waals surface area contributed by atoms with Crippen LogP contribution < -0.4 is 10.6 Å². The Balaban J connectivity index is 0.00000338. The smallest absolute Gasteiger partial charge is 0.357 e. The molecule has 0 aliphatic carbocycles. The number of alkyl halides is 3. The second-order valence-electron chi connectivity index (χ2n) is 6.31. The summed E-state index contributed by atoms with van der Waals surface area (Å²) in [5.74, 6) is 0.699. The van der Waals surface area contributed by atoms with Crippen LogP contribution in [0.2, 0.25) is 0 Å². The zero-order chi connectivity index (χ0) is 18.5. The van der Waals surface area contributed by atoms with Crippen molar-refractivity contribution < 1.29 is 21.6 Å². The Bertz CT molecular complexity index is 573. The van der Waals surface area contributed by atoms with Gasteiger partial charge in [0.1, 0.15) is 0 Å². The van der Waals surface area contributed by atoms with Crippen molar-refractivity contribution >= 4 is 40.0 Å². The van der Waals surface area contributed by atoms with Crippen LogP contribution in [0.25, 0.3) is 0 Å². The first kappa shape index (κ1) is 23.7. The average Bonchev–Trinajstić information content (AvgIpc) is 3.04. The summed E-state index contributed by atoms with van der Waals surface area (Å²) in [6, 6.07) is -0.101. The van der Waals surface area contributed by atoms with Crippen LogP contribution in [0.5, 0.6) is 0 Å². The van der Waals surface area contributed by atoms with Crippen molar-refractivity contribution in [3.8, 4) is 0 Å². The lowest BCUT2D eigenvalue weighted by atomic mass is 10.3.